The highest BCUT2D eigenvalue weighted by Crippen LogP contribution is 2.09. The first kappa shape index (κ1) is 10.1. The maximum atomic E-state index is 11.0. The third-order valence-corrected chi connectivity index (χ3v) is 2.32. The zero-order chi connectivity index (χ0) is 10.7. The molecule has 0 N–H and O–H groups in total. The van der Waals surface area contributed by atoms with Crippen molar-refractivity contribution in [2.75, 3.05) is 0 Å². The summed E-state index contributed by atoms with van der Waals surface area (Å²) in [7, 11) is 0. The van der Waals surface area contributed by atoms with Crippen LogP contribution < -0.4 is 5.63 Å². The van der Waals surface area contributed by atoms with Gasteiger partial charge in [-0.3, -0.25) is 0 Å². The quantitative estimate of drug-likeness (QED) is 0.784. The Morgan fingerprint density at radius 2 is 2.00 bits per heavy atom. The van der Waals surface area contributed by atoms with Gasteiger partial charge in [0, 0.05) is 18.2 Å². The van der Waals surface area contributed by atoms with Crippen LogP contribution in [-0.4, -0.2) is 4.98 Å². The van der Waals surface area contributed by atoms with Crippen LogP contribution in [-0.2, 0) is 6.42 Å². The van der Waals surface area contributed by atoms with Crippen LogP contribution in [0.5, 0.6) is 0 Å². The summed E-state index contributed by atoms with van der Waals surface area (Å²) < 4.78 is 5.79. The Morgan fingerprint density at radius 3 is 2.73 bits per heavy atom. The van der Waals surface area contributed by atoms with Crippen molar-refractivity contribution in [1.29, 1.82) is 0 Å². The fourth-order valence-electron chi connectivity index (χ4n) is 1.25. The van der Waals surface area contributed by atoms with E-state index in [2.05, 4.69) is 20.9 Å². The van der Waals surface area contributed by atoms with Crippen LogP contribution in [0.1, 0.15) is 11.5 Å². The average Bonchev–Trinajstić information content (AvgIpc) is 2.17. The van der Waals surface area contributed by atoms with Crippen LogP contribution in [0, 0.1) is 0 Å². The van der Waals surface area contributed by atoms with Crippen molar-refractivity contribution in [3.05, 3.63) is 62.9 Å². The van der Waals surface area contributed by atoms with E-state index >= 15 is 0 Å². The molecule has 0 amide bonds. The normalized spacial score (nSPS) is 10.2. The minimum atomic E-state index is -0.331. The largest absolute Gasteiger partial charge is 0.427 e. The van der Waals surface area contributed by atoms with Gasteiger partial charge in [-0.05, 0) is 34.1 Å². The van der Waals surface area contributed by atoms with Crippen LogP contribution in [0.15, 0.2) is 50.2 Å². The molecule has 0 unspecified atom stereocenters. The SMILES string of the molecule is O=c1cccc(Cc2cccc(Br)n2)o1. The second kappa shape index (κ2) is 4.40. The Hall–Kier alpha value is -1.42. The summed E-state index contributed by atoms with van der Waals surface area (Å²) in [5.74, 6) is 0.619. The second-order valence-electron chi connectivity index (χ2n) is 3.04. The Labute approximate surface area is 94.9 Å². The van der Waals surface area contributed by atoms with Crippen molar-refractivity contribution >= 4 is 15.9 Å². The highest BCUT2D eigenvalue weighted by Gasteiger charge is 2.00. The molecule has 0 saturated heterocycles. The van der Waals surface area contributed by atoms with E-state index in [1.54, 1.807) is 12.1 Å². The summed E-state index contributed by atoms with van der Waals surface area (Å²) in [5, 5.41) is 0. The van der Waals surface area contributed by atoms with E-state index in [-0.39, 0.29) is 5.63 Å². The molecule has 0 atom stereocenters. The number of aromatic nitrogens is 1. The lowest BCUT2D eigenvalue weighted by atomic mass is 10.2. The van der Waals surface area contributed by atoms with Gasteiger partial charge in [0.2, 0.25) is 0 Å². The van der Waals surface area contributed by atoms with Gasteiger partial charge in [-0.2, -0.15) is 0 Å². The number of nitrogens with zero attached hydrogens (tertiary/aromatic N) is 1. The van der Waals surface area contributed by atoms with Gasteiger partial charge < -0.3 is 4.42 Å². The van der Waals surface area contributed by atoms with E-state index in [0.29, 0.717) is 12.2 Å². The van der Waals surface area contributed by atoms with Crippen LogP contribution in [0.25, 0.3) is 0 Å². The summed E-state index contributed by atoms with van der Waals surface area (Å²) in [6.07, 6.45) is 0.523. The predicted molar refractivity (Wildman–Crippen MR) is 59.7 cm³/mol. The summed E-state index contributed by atoms with van der Waals surface area (Å²) in [6, 6.07) is 10.5. The van der Waals surface area contributed by atoms with E-state index in [1.807, 2.05) is 18.2 Å². The molecule has 76 valence electrons. The molecule has 2 heterocycles. The molecule has 0 saturated carbocycles. The van der Waals surface area contributed by atoms with Crippen molar-refractivity contribution in [2.45, 2.75) is 6.42 Å². The van der Waals surface area contributed by atoms with E-state index in [0.717, 1.165) is 10.3 Å². The minimum Gasteiger partial charge on any atom is -0.427 e. The molecule has 3 nitrogen and oxygen atoms in total. The molecule has 0 aliphatic carbocycles. The third kappa shape index (κ3) is 2.76. The van der Waals surface area contributed by atoms with Gasteiger partial charge >= 0.3 is 5.63 Å². The van der Waals surface area contributed by atoms with Gasteiger partial charge in [0.15, 0.2) is 0 Å². The number of hydrogen-bond acceptors (Lipinski definition) is 3. The van der Waals surface area contributed by atoms with Crippen LogP contribution in [0.4, 0.5) is 0 Å². The van der Waals surface area contributed by atoms with Gasteiger partial charge in [-0.15, -0.1) is 0 Å². The lowest BCUT2D eigenvalue weighted by Crippen LogP contribution is -1.99. The molecule has 0 fully saturated rings. The molecular formula is C11H8BrNO2. The zero-order valence-electron chi connectivity index (χ0n) is 7.81. The van der Waals surface area contributed by atoms with Crippen molar-refractivity contribution in [3.63, 3.8) is 0 Å². The fraction of sp³-hybridized carbons (Fsp3) is 0.0909. The predicted octanol–water partition coefficient (Wildman–Crippen LogP) is 2.39. The lowest BCUT2D eigenvalue weighted by Gasteiger charge is -1.99. The molecule has 0 aliphatic heterocycles. The Bertz CT molecular complexity index is 522. The third-order valence-electron chi connectivity index (χ3n) is 1.87. The molecule has 0 spiro atoms. The number of halogens is 1. The molecule has 0 radical (unpaired) electrons. The van der Waals surface area contributed by atoms with Crippen molar-refractivity contribution < 1.29 is 4.42 Å². The molecule has 0 aromatic carbocycles. The minimum absolute atomic E-state index is 0.331. The van der Waals surface area contributed by atoms with E-state index in [4.69, 9.17) is 4.42 Å². The van der Waals surface area contributed by atoms with E-state index in [1.165, 1.54) is 6.07 Å². The first-order chi connectivity index (χ1) is 7.24. The number of pyridine rings is 1. The van der Waals surface area contributed by atoms with Gasteiger partial charge in [-0.1, -0.05) is 12.1 Å². The molecule has 4 heteroatoms. The molecule has 0 aliphatic rings. The average molecular weight is 266 g/mol. The monoisotopic (exact) mass is 265 g/mol. The van der Waals surface area contributed by atoms with Crippen LogP contribution in [0.2, 0.25) is 0 Å². The maximum Gasteiger partial charge on any atom is 0.335 e. The Kier molecular flexibility index (Phi) is 2.97. The van der Waals surface area contributed by atoms with E-state index < -0.39 is 0 Å². The summed E-state index contributed by atoms with van der Waals surface area (Å²) in [6.45, 7) is 0. The van der Waals surface area contributed by atoms with Gasteiger partial charge in [0.05, 0.1) is 0 Å². The van der Waals surface area contributed by atoms with Crippen molar-refractivity contribution in [2.24, 2.45) is 0 Å². The van der Waals surface area contributed by atoms with Gasteiger partial charge in [0.1, 0.15) is 10.4 Å². The van der Waals surface area contributed by atoms with Crippen LogP contribution in [0.3, 0.4) is 0 Å². The summed E-state index contributed by atoms with van der Waals surface area (Å²) in [4.78, 5) is 15.2. The zero-order valence-corrected chi connectivity index (χ0v) is 9.40. The molecular weight excluding hydrogens is 258 g/mol. The summed E-state index contributed by atoms with van der Waals surface area (Å²) in [5.41, 5.74) is 0.529. The molecule has 2 rings (SSSR count). The van der Waals surface area contributed by atoms with Crippen LogP contribution >= 0.6 is 15.9 Å². The Morgan fingerprint density at radius 1 is 1.20 bits per heavy atom. The van der Waals surface area contributed by atoms with Crippen molar-refractivity contribution in [1.82, 2.24) is 4.98 Å². The second-order valence-corrected chi connectivity index (χ2v) is 3.85. The lowest BCUT2D eigenvalue weighted by molar-refractivity contribution is 0.467. The molecule has 2 aromatic heterocycles. The maximum absolute atomic E-state index is 11.0. The molecule has 2 aromatic rings. The fourth-order valence-corrected chi connectivity index (χ4v) is 1.63. The topological polar surface area (TPSA) is 43.1 Å². The first-order valence-corrected chi connectivity index (χ1v) is 5.24. The molecule has 0 bridgehead atoms. The first-order valence-electron chi connectivity index (χ1n) is 4.44. The van der Waals surface area contributed by atoms with E-state index in [9.17, 15) is 4.79 Å². The Balaban J connectivity index is 2.26. The van der Waals surface area contributed by atoms with Gasteiger partial charge in [0.25, 0.3) is 0 Å². The summed E-state index contributed by atoms with van der Waals surface area (Å²) >= 11 is 3.29. The highest BCUT2D eigenvalue weighted by atomic mass is 79.9. The smallest absolute Gasteiger partial charge is 0.335 e. The number of hydrogen-bond donors (Lipinski definition) is 0. The molecule has 15 heavy (non-hydrogen) atoms. The highest BCUT2D eigenvalue weighted by molar-refractivity contribution is 9.10. The van der Waals surface area contributed by atoms with Gasteiger partial charge in [-0.25, -0.2) is 9.78 Å². The standard InChI is InChI=1S/C11H8BrNO2/c12-10-5-1-3-8(13-10)7-9-4-2-6-11(14)15-9/h1-6H,7H2. The number of rotatable bonds is 2. The van der Waals surface area contributed by atoms with Crippen molar-refractivity contribution in [3.8, 4) is 0 Å².